The second-order valence-electron chi connectivity index (χ2n) is 3.78. The Morgan fingerprint density at radius 1 is 1.20 bits per heavy atom. The van der Waals surface area contributed by atoms with E-state index >= 15 is 0 Å². The number of rotatable bonds is 5. The summed E-state index contributed by atoms with van der Waals surface area (Å²) in [5.41, 5.74) is 0. The van der Waals surface area contributed by atoms with Gasteiger partial charge in [-0.05, 0) is 25.1 Å². The van der Waals surface area contributed by atoms with Gasteiger partial charge in [0.25, 0.3) is 9.05 Å². The first-order valence-corrected chi connectivity index (χ1v) is 8.11. The van der Waals surface area contributed by atoms with Crippen LogP contribution in [-0.2, 0) is 9.05 Å². The van der Waals surface area contributed by atoms with E-state index in [9.17, 15) is 8.42 Å². The maximum Gasteiger partial charge on any atom is 0.262 e. The van der Waals surface area contributed by atoms with Crippen LogP contribution in [0.5, 0.6) is 17.4 Å². The first kappa shape index (κ1) is 14.6. The molecule has 0 spiro atoms. The summed E-state index contributed by atoms with van der Waals surface area (Å²) in [7, 11) is 1.43. The molecular formula is C13H12ClNO4S. The Labute approximate surface area is 121 Å². The van der Waals surface area contributed by atoms with Crippen molar-refractivity contribution < 1.29 is 17.9 Å². The van der Waals surface area contributed by atoms with Gasteiger partial charge in [-0.1, -0.05) is 6.07 Å². The Morgan fingerprint density at radius 2 is 1.95 bits per heavy atom. The van der Waals surface area contributed by atoms with Crippen molar-refractivity contribution in [2.24, 2.45) is 0 Å². The van der Waals surface area contributed by atoms with Crippen molar-refractivity contribution >= 4 is 19.7 Å². The lowest BCUT2D eigenvalue weighted by Crippen LogP contribution is -1.94. The predicted molar refractivity (Wildman–Crippen MR) is 75.0 cm³/mol. The smallest absolute Gasteiger partial charge is 0.262 e. The summed E-state index contributed by atoms with van der Waals surface area (Å²) in [6.45, 7) is 2.45. The van der Waals surface area contributed by atoms with Crippen molar-refractivity contribution in [3.63, 3.8) is 0 Å². The lowest BCUT2D eigenvalue weighted by atomic mass is 10.3. The third-order valence-electron chi connectivity index (χ3n) is 2.33. The van der Waals surface area contributed by atoms with Gasteiger partial charge < -0.3 is 9.47 Å². The summed E-state index contributed by atoms with van der Waals surface area (Å²) >= 11 is 0. The summed E-state index contributed by atoms with van der Waals surface area (Å²) in [4.78, 5) is 3.81. The van der Waals surface area contributed by atoms with Crippen molar-refractivity contribution in [3.05, 3.63) is 42.6 Å². The molecule has 0 radical (unpaired) electrons. The Balaban J connectivity index is 2.16. The van der Waals surface area contributed by atoms with E-state index < -0.39 is 9.05 Å². The standard InChI is InChI=1S/C13H12ClNO4S/c1-2-18-10-4-3-5-11(8-10)19-13-7-6-12(9-15-13)20(14,16)17/h3-9H,2H2,1H3. The molecule has 2 aromatic rings. The fourth-order valence-corrected chi connectivity index (χ4v) is 2.17. The van der Waals surface area contributed by atoms with E-state index in [0.717, 1.165) is 6.20 Å². The van der Waals surface area contributed by atoms with Gasteiger partial charge in [0.15, 0.2) is 0 Å². The average molecular weight is 314 g/mol. The van der Waals surface area contributed by atoms with E-state index in [2.05, 4.69) is 4.98 Å². The van der Waals surface area contributed by atoms with Gasteiger partial charge in [-0.3, -0.25) is 0 Å². The van der Waals surface area contributed by atoms with Crippen molar-refractivity contribution in [1.82, 2.24) is 4.98 Å². The molecule has 7 heteroatoms. The number of benzene rings is 1. The SMILES string of the molecule is CCOc1cccc(Oc2ccc(S(=O)(=O)Cl)cn2)c1. The zero-order valence-corrected chi connectivity index (χ0v) is 12.2. The molecule has 0 saturated heterocycles. The monoisotopic (exact) mass is 313 g/mol. The molecule has 20 heavy (non-hydrogen) atoms. The number of hydrogen-bond acceptors (Lipinski definition) is 5. The Morgan fingerprint density at radius 3 is 2.55 bits per heavy atom. The summed E-state index contributed by atoms with van der Waals surface area (Å²) in [6, 6.07) is 9.83. The highest BCUT2D eigenvalue weighted by molar-refractivity contribution is 8.13. The second kappa shape index (κ2) is 6.11. The number of ether oxygens (including phenoxy) is 2. The van der Waals surface area contributed by atoms with Gasteiger partial charge >= 0.3 is 0 Å². The molecule has 1 aromatic heterocycles. The fraction of sp³-hybridized carbons (Fsp3) is 0.154. The van der Waals surface area contributed by atoms with Gasteiger partial charge in [0.1, 0.15) is 16.4 Å². The number of hydrogen-bond donors (Lipinski definition) is 0. The number of nitrogens with zero attached hydrogens (tertiary/aromatic N) is 1. The summed E-state index contributed by atoms with van der Waals surface area (Å²) in [5.74, 6) is 1.50. The summed E-state index contributed by atoms with van der Waals surface area (Å²) in [5, 5.41) is 0. The van der Waals surface area contributed by atoms with Crippen molar-refractivity contribution in [2.75, 3.05) is 6.61 Å². The molecule has 1 aromatic carbocycles. The van der Waals surface area contributed by atoms with Crippen LogP contribution < -0.4 is 9.47 Å². The van der Waals surface area contributed by atoms with Crippen molar-refractivity contribution in [1.29, 1.82) is 0 Å². The van der Waals surface area contributed by atoms with Gasteiger partial charge in [-0.15, -0.1) is 0 Å². The van der Waals surface area contributed by atoms with E-state index in [1.165, 1.54) is 12.1 Å². The molecule has 0 aliphatic carbocycles. The minimum Gasteiger partial charge on any atom is -0.494 e. The zero-order chi connectivity index (χ0) is 14.6. The first-order chi connectivity index (χ1) is 9.49. The average Bonchev–Trinajstić information content (AvgIpc) is 2.39. The van der Waals surface area contributed by atoms with Crippen LogP contribution in [-0.4, -0.2) is 20.0 Å². The van der Waals surface area contributed by atoms with Crippen LogP contribution in [0, 0.1) is 0 Å². The van der Waals surface area contributed by atoms with E-state index in [-0.39, 0.29) is 10.8 Å². The molecule has 0 fully saturated rings. The number of pyridine rings is 1. The molecule has 0 amide bonds. The van der Waals surface area contributed by atoms with E-state index in [0.29, 0.717) is 18.1 Å². The molecule has 0 bridgehead atoms. The first-order valence-electron chi connectivity index (χ1n) is 5.80. The van der Waals surface area contributed by atoms with E-state index in [4.69, 9.17) is 20.2 Å². The van der Waals surface area contributed by atoms with Gasteiger partial charge in [0, 0.05) is 22.8 Å². The second-order valence-corrected chi connectivity index (χ2v) is 6.35. The predicted octanol–water partition coefficient (Wildman–Crippen LogP) is 3.20. The molecule has 0 saturated carbocycles. The van der Waals surface area contributed by atoms with Gasteiger partial charge in [-0.25, -0.2) is 13.4 Å². The Kier molecular flexibility index (Phi) is 4.46. The van der Waals surface area contributed by atoms with E-state index in [1.54, 1.807) is 18.2 Å². The largest absolute Gasteiger partial charge is 0.494 e. The van der Waals surface area contributed by atoms with Crippen LogP contribution in [0.3, 0.4) is 0 Å². The summed E-state index contributed by atoms with van der Waals surface area (Å²) < 4.78 is 33.0. The molecule has 106 valence electrons. The summed E-state index contributed by atoms with van der Waals surface area (Å²) in [6.07, 6.45) is 1.14. The lowest BCUT2D eigenvalue weighted by Gasteiger charge is -2.07. The zero-order valence-electron chi connectivity index (χ0n) is 10.6. The number of halogens is 1. The minimum atomic E-state index is -3.77. The van der Waals surface area contributed by atoms with Gasteiger partial charge in [0.05, 0.1) is 12.8 Å². The molecule has 0 aliphatic rings. The van der Waals surface area contributed by atoms with Crippen LogP contribution in [0.2, 0.25) is 0 Å². The normalized spacial score (nSPS) is 11.1. The molecule has 5 nitrogen and oxygen atoms in total. The quantitative estimate of drug-likeness (QED) is 0.793. The minimum absolute atomic E-state index is 0.0745. The Hall–Kier alpha value is -1.79. The molecule has 0 N–H and O–H groups in total. The van der Waals surface area contributed by atoms with Crippen molar-refractivity contribution in [3.8, 4) is 17.4 Å². The van der Waals surface area contributed by atoms with E-state index in [1.807, 2.05) is 13.0 Å². The third-order valence-corrected chi connectivity index (χ3v) is 3.67. The van der Waals surface area contributed by atoms with Crippen LogP contribution >= 0.6 is 10.7 Å². The highest BCUT2D eigenvalue weighted by Gasteiger charge is 2.10. The molecule has 0 aliphatic heterocycles. The Bertz CT molecular complexity index is 686. The third kappa shape index (κ3) is 3.85. The highest BCUT2D eigenvalue weighted by Crippen LogP contribution is 2.25. The topological polar surface area (TPSA) is 65.5 Å². The lowest BCUT2D eigenvalue weighted by molar-refractivity contribution is 0.338. The maximum absolute atomic E-state index is 11.1. The van der Waals surface area contributed by atoms with Crippen LogP contribution in [0.1, 0.15) is 6.92 Å². The van der Waals surface area contributed by atoms with Crippen LogP contribution in [0.25, 0.3) is 0 Å². The molecule has 1 heterocycles. The maximum atomic E-state index is 11.1. The van der Waals surface area contributed by atoms with Crippen molar-refractivity contribution in [2.45, 2.75) is 11.8 Å². The van der Waals surface area contributed by atoms with Gasteiger partial charge in [-0.2, -0.15) is 0 Å². The molecular weight excluding hydrogens is 302 g/mol. The molecule has 2 rings (SSSR count). The fourth-order valence-electron chi connectivity index (χ4n) is 1.49. The highest BCUT2D eigenvalue weighted by atomic mass is 35.7. The van der Waals surface area contributed by atoms with Crippen LogP contribution in [0.4, 0.5) is 0 Å². The van der Waals surface area contributed by atoms with Crippen LogP contribution in [0.15, 0.2) is 47.5 Å². The number of aromatic nitrogens is 1. The molecule has 0 atom stereocenters. The van der Waals surface area contributed by atoms with Gasteiger partial charge in [0.2, 0.25) is 5.88 Å². The molecule has 0 unspecified atom stereocenters.